The van der Waals surface area contributed by atoms with E-state index in [1.165, 1.54) is 24.6 Å². The van der Waals surface area contributed by atoms with Crippen molar-refractivity contribution in [2.24, 2.45) is 0 Å². The van der Waals surface area contributed by atoms with E-state index in [9.17, 15) is 4.79 Å². The van der Waals surface area contributed by atoms with Gasteiger partial charge in [0.15, 0.2) is 0 Å². The van der Waals surface area contributed by atoms with Crippen molar-refractivity contribution < 1.29 is 4.79 Å². The molecule has 7 heteroatoms. The van der Waals surface area contributed by atoms with Crippen LogP contribution in [-0.2, 0) is 4.79 Å². The molecule has 0 saturated carbocycles. The van der Waals surface area contributed by atoms with Gasteiger partial charge in [-0.2, -0.15) is 10.2 Å². The van der Waals surface area contributed by atoms with Crippen molar-refractivity contribution in [1.82, 2.24) is 24.9 Å². The molecule has 0 radical (unpaired) electrons. The maximum atomic E-state index is 12.7. The molecule has 1 fully saturated rings. The van der Waals surface area contributed by atoms with Crippen LogP contribution >= 0.6 is 11.8 Å². The molecule has 3 aromatic rings. The lowest BCUT2D eigenvalue weighted by molar-refractivity contribution is -0.128. The van der Waals surface area contributed by atoms with Crippen LogP contribution < -0.4 is 0 Å². The summed E-state index contributed by atoms with van der Waals surface area (Å²) in [5, 5.41) is 14.9. The third-order valence-electron chi connectivity index (χ3n) is 4.94. The molecule has 2 aromatic heterocycles. The minimum absolute atomic E-state index is 0.184. The Morgan fingerprint density at radius 1 is 1.07 bits per heavy atom. The van der Waals surface area contributed by atoms with E-state index < -0.39 is 0 Å². The fourth-order valence-electron chi connectivity index (χ4n) is 3.44. The molecule has 140 valence electrons. The van der Waals surface area contributed by atoms with Gasteiger partial charge in [0.05, 0.1) is 23.3 Å². The smallest absolute Gasteiger partial charge is 0.232 e. The number of benzene rings is 1. The number of likely N-dealkylation sites (tertiary alicyclic amines) is 1. The number of amides is 1. The molecule has 1 aliphatic rings. The normalized spacial score (nSPS) is 15.1. The number of thioether (sulfide) groups is 1. The maximum Gasteiger partial charge on any atom is 0.232 e. The van der Waals surface area contributed by atoms with Crippen LogP contribution in [0.3, 0.4) is 0 Å². The van der Waals surface area contributed by atoms with Crippen LogP contribution in [-0.4, -0.2) is 49.6 Å². The van der Waals surface area contributed by atoms with Gasteiger partial charge < -0.3 is 4.90 Å². The zero-order valence-electron chi connectivity index (χ0n) is 15.5. The average molecular weight is 382 g/mol. The Labute approximate surface area is 163 Å². The second-order valence-corrected chi connectivity index (χ2v) is 7.79. The number of carbonyl (C=O) groups is 1. The van der Waals surface area contributed by atoms with Crippen molar-refractivity contribution in [2.75, 3.05) is 18.8 Å². The minimum Gasteiger partial charge on any atom is -0.342 e. The number of nitrogens with zero attached hydrogens (tertiary/aromatic N) is 5. The molecule has 27 heavy (non-hydrogen) atoms. The monoisotopic (exact) mass is 381 g/mol. The zero-order chi connectivity index (χ0) is 18.6. The molecule has 0 aliphatic carbocycles. The predicted octanol–water partition coefficient (Wildman–Crippen LogP) is 3.62. The van der Waals surface area contributed by atoms with E-state index in [4.69, 9.17) is 0 Å². The lowest BCUT2D eigenvalue weighted by Gasteiger charge is -2.19. The van der Waals surface area contributed by atoms with Crippen LogP contribution in [0.25, 0.3) is 16.6 Å². The van der Waals surface area contributed by atoms with E-state index in [0.717, 1.165) is 53.2 Å². The fraction of sp³-hybridized carbons (Fsp3) is 0.400. The molecule has 3 heterocycles. The van der Waals surface area contributed by atoms with Crippen LogP contribution in [0.1, 0.15) is 31.4 Å². The Morgan fingerprint density at radius 2 is 1.81 bits per heavy atom. The highest BCUT2D eigenvalue weighted by Gasteiger charge is 2.19. The average Bonchev–Trinajstić information content (AvgIpc) is 2.97. The van der Waals surface area contributed by atoms with Crippen LogP contribution in [0.5, 0.6) is 0 Å². The molecule has 0 unspecified atom stereocenters. The highest BCUT2D eigenvalue weighted by Crippen LogP contribution is 2.29. The van der Waals surface area contributed by atoms with Crippen LogP contribution in [0.2, 0.25) is 0 Å². The van der Waals surface area contributed by atoms with E-state index in [-0.39, 0.29) is 5.91 Å². The first-order valence-corrected chi connectivity index (χ1v) is 10.4. The largest absolute Gasteiger partial charge is 0.342 e. The molecule has 0 spiro atoms. The SMILES string of the molecule is Cc1nnc(SCC(=O)N2CCCCCC2)c2c1cnn2-c1ccccc1. The number of fused-ring (bicyclic) bond motifs is 1. The first-order valence-electron chi connectivity index (χ1n) is 9.41. The van der Waals surface area contributed by atoms with Gasteiger partial charge in [0.2, 0.25) is 5.91 Å². The number of aryl methyl sites for hydroxylation is 1. The van der Waals surface area contributed by atoms with Gasteiger partial charge in [0, 0.05) is 18.5 Å². The van der Waals surface area contributed by atoms with Gasteiger partial charge in [-0.05, 0) is 31.9 Å². The standard InChI is InChI=1S/C20H23N5OS/c1-15-17-13-21-25(16-9-5-4-6-10-16)19(17)20(23-22-15)27-14-18(26)24-11-7-2-3-8-12-24/h4-6,9-10,13H,2-3,7-8,11-12,14H2,1H3. The lowest BCUT2D eigenvalue weighted by Crippen LogP contribution is -2.33. The minimum atomic E-state index is 0.184. The summed E-state index contributed by atoms with van der Waals surface area (Å²) in [6.07, 6.45) is 6.47. The van der Waals surface area contributed by atoms with Crippen molar-refractivity contribution in [3.8, 4) is 5.69 Å². The number of para-hydroxylation sites is 1. The molecule has 1 amide bonds. The maximum absolute atomic E-state index is 12.7. The highest BCUT2D eigenvalue weighted by atomic mass is 32.2. The fourth-order valence-corrected chi connectivity index (χ4v) is 4.32. The van der Waals surface area contributed by atoms with Crippen molar-refractivity contribution in [2.45, 2.75) is 37.6 Å². The van der Waals surface area contributed by atoms with Crippen molar-refractivity contribution in [3.05, 3.63) is 42.2 Å². The molecule has 1 aromatic carbocycles. The first-order chi connectivity index (χ1) is 13.2. The molecule has 4 rings (SSSR count). The topological polar surface area (TPSA) is 63.9 Å². The summed E-state index contributed by atoms with van der Waals surface area (Å²) in [6, 6.07) is 9.98. The summed E-state index contributed by atoms with van der Waals surface area (Å²) < 4.78 is 1.88. The Morgan fingerprint density at radius 3 is 2.56 bits per heavy atom. The second-order valence-electron chi connectivity index (χ2n) is 6.83. The molecular formula is C20H23N5OS. The molecular weight excluding hydrogens is 358 g/mol. The molecule has 0 bridgehead atoms. The summed E-state index contributed by atoms with van der Waals surface area (Å²) in [7, 11) is 0. The van der Waals surface area contributed by atoms with Gasteiger partial charge in [-0.15, -0.1) is 5.10 Å². The van der Waals surface area contributed by atoms with E-state index in [0.29, 0.717) is 5.75 Å². The third kappa shape index (κ3) is 3.83. The van der Waals surface area contributed by atoms with Gasteiger partial charge in [-0.1, -0.05) is 42.8 Å². The molecule has 0 atom stereocenters. The predicted molar refractivity (Wildman–Crippen MR) is 107 cm³/mol. The van der Waals surface area contributed by atoms with Gasteiger partial charge in [0.25, 0.3) is 0 Å². The Balaban J connectivity index is 1.61. The zero-order valence-corrected chi connectivity index (χ0v) is 16.3. The van der Waals surface area contributed by atoms with Crippen molar-refractivity contribution in [3.63, 3.8) is 0 Å². The van der Waals surface area contributed by atoms with Gasteiger partial charge in [-0.3, -0.25) is 4.79 Å². The van der Waals surface area contributed by atoms with Crippen LogP contribution in [0.15, 0.2) is 41.6 Å². The van der Waals surface area contributed by atoms with Gasteiger partial charge in [0.1, 0.15) is 10.5 Å². The number of rotatable bonds is 4. The van der Waals surface area contributed by atoms with Crippen LogP contribution in [0, 0.1) is 6.92 Å². The Bertz CT molecular complexity index is 932. The quantitative estimate of drug-likeness (QED) is 0.646. The molecule has 1 aliphatic heterocycles. The number of aromatic nitrogens is 4. The third-order valence-corrected chi connectivity index (χ3v) is 5.88. The van der Waals surface area contributed by atoms with Crippen molar-refractivity contribution >= 4 is 28.6 Å². The Hall–Kier alpha value is -2.41. The van der Waals surface area contributed by atoms with E-state index in [2.05, 4.69) is 15.3 Å². The Kier molecular flexibility index (Phi) is 5.38. The van der Waals surface area contributed by atoms with E-state index >= 15 is 0 Å². The number of hydrogen-bond acceptors (Lipinski definition) is 5. The number of carbonyl (C=O) groups excluding carboxylic acids is 1. The summed E-state index contributed by atoms with van der Waals surface area (Å²) in [5.41, 5.74) is 2.73. The van der Waals surface area contributed by atoms with Gasteiger partial charge >= 0.3 is 0 Å². The number of hydrogen-bond donors (Lipinski definition) is 0. The van der Waals surface area contributed by atoms with Crippen molar-refractivity contribution in [1.29, 1.82) is 0 Å². The summed E-state index contributed by atoms with van der Waals surface area (Å²) in [6.45, 7) is 3.68. The first kappa shape index (κ1) is 18.0. The summed E-state index contributed by atoms with van der Waals surface area (Å²) in [5.74, 6) is 0.565. The van der Waals surface area contributed by atoms with E-state index in [1.54, 1.807) is 0 Å². The lowest BCUT2D eigenvalue weighted by atomic mass is 10.2. The summed E-state index contributed by atoms with van der Waals surface area (Å²) in [4.78, 5) is 14.6. The van der Waals surface area contributed by atoms with Crippen LogP contribution in [0.4, 0.5) is 0 Å². The second kappa shape index (κ2) is 8.08. The highest BCUT2D eigenvalue weighted by molar-refractivity contribution is 8.00. The van der Waals surface area contributed by atoms with Gasteiger partial charge in [-0.25, -0.2) is 4.68 Å². The molecule has 6 nitrogen and oxygen atoms in total. The summed E-state index contributed by atoms with van der Waals surface area (Å²) >= 11 is 1.45. The molecule has 0 N–H and O–H groups in total. The van der Waals surface area contributed by atoms with E-state index in [1.807, 2.05) is 53.0 Å². The molecule has 1 saturated heterocycles.